The maximum atomic E-state index is 11.8. The average Bonchev–Trinajstić information content (AvgIpc) is 3.16. The third kappa shape index (κ3) is 2.75. The molecule has 0 aromatic rings. The maximum absolute atomic E-state index is 11.8. The Morgan fingerprint density at radius 1 is 1.35 bits per heavy atom. The van der Waals surface area contributed by atoms with Crippen molar-refractivity contribution in [3.63, 3.8) is 0 Å². The van der Waals surface area contributed by atoms with Crippen molar-refractivity contribution >= 4 is 12.0 Å². The average molecular weight is 284 g/mol. The first kappa shape index (κ1) is 15.1. The Labute approximate surface area is 119 Å². The lowest BCUT2D eigenvalue weighted by molar-refractivity contribution is -0.143. The fraction of sp³-hybridized carbons (Fsp3) is 0.857. The number of nitrogens with one attached hydrogen (secondary N) is 2. The first-order valence-corrected chi connectivity index (χ1v) is 7.21. The number of hydrogen-bond acceptors (Lipinski definition) is 3. The number of ether oxygens (including phenoxy) is 1. The number of carboxylic acid groups (broad SMARTS) is 1. The summed E-state index contributed by atoms with van der Waals surface area (Å²) in [5, 5.41) is 14.6. The molecule has 2 atom stereocenters. The molecule has 114 valence electrons. The van der Waals surface area contributed by atoms with E-state index in [-0.39, 0.29) is 30.1 Å². The predicted molar refractivity (Wildman–Crippen MR) is 73.4 cm³/mol. The van der Waals surface area contributed by atoms with Gasteiger partial charge in [0.2, 0.25) is 0 Å². The number of carbonyl (C=O) groups is 2. The summed E-state index contributed by atoms with van der Waals surface area (Å²) >= 11 is 0. The molecule has 0 spiro atoms. The number of carbonyl (C=O) groups excluding carboxylic acids is 1. The largest absolute Gasteiger partial charge is 0.481 e. The smallest absolute Gasteiger partial charge is 0.315 e. The molecule has 2 aliphatic carbocycles. The highest BCUT2D eigenvalue weighted by Crippen LogP contribution is 2.45. The second-order valence-corrected chi connectivity index (χ2v) is 6.47. The van der Waals surface area contributed by atoms with Gasteiger partial charge in [-0.05, 0) is 26.2 Å². The van der Waals surface area contributed by atoms with Gasteiger partial charge in [0, 0.05) is 24.6 Å². The molecule has 6 nitrogen and oxygen atoms in total. The lowest BCUT2D eigenvalue weighted by Crippen LogP contribution is -2.63. The zero-order valence-corrected chi connectivity index (χ0v) is 12.4. The molecule has 0 aromatic carbocycles. The summed E-state index contributed by atoms with van der Waals surface area (Å²) in [4.78, 5) is 22.9. The molecule has 0 aromatic heterocycles. The first-order chi connectivity index (χ1) is 9.32. The highest BCUT2D eigenvalue weighted by atomic mass is 16.5. The van der Waals surface area contributed by atoms with Gasteiger partial charge in [-0.3, -0.25) is 4.79 Å². The van der Waals surface area contributed by atoms with E-state index < -0.39 is 11.4 Å². The molecule has 2 rings (SSSR count). The van der Waals surface area contributed by atoms with Gasteiger partial charge in [0.1, 0.15) is 0 Å². The van der Waals surface area contributed by atoms with E-state index >= 15 is 0 Å². The van der Waals surface area contributed by atoms with Crippen LogP contribution in [0, 0.1) is 10.8 Å². The van der Waals surface area contributed by atoms with Crippen LogP contribution in [0.3, 0.4) is 0 Å². The molecule has 0 radical (unpaired) electrons. The molecule has 2 amide bonds. The van der Waals surface area contributed by atoms with Crippen molar-refractivity contribution in [3.05, 3.63) is 0 Å². The second-order valence-electron chi connectivity index (χ2n) is 6.47. The first-order valence-electron chi connectivity index (χ1n) is 7.21. The molecule has 2 aliphatic rings. The van der Waals surface area contributed by atoms with E-state index in [0.717, 1.165) is 6.42 Å². The number of urea groups is 1. The third-order valence-corrected chi connectivity index (χ3v) is 4.75. The molecule has 0 bridgehead atoms. The summed E-state index contributed by atoms with van der Waals surface area (Å²) in [6, 6.07) is -0.218. The van der Waals surface area contributed by atoms with Crippen LogP contribution in [-0.2, 0) is 9.53 Å². The molecule has 0 saturated heterocycles. The van der Waals surface area contributed by atoms with Gasteiger partial charge in [-0.15, -0.1) is 0 Å². The summed E-state index contributed by atoms with van der Waals surface area (Å²) in [6.45, 7) is 6.98. The topological polar surface area (TPSA) is 87.7 Å². The summed E-state index contributed by atoms with van der Waals surface area (Å²) < 4.78 is 5.61. The van der Waals surface area contributed by atoms with Crippen LogP contribution in [0.1, 0.15) is 40.0 Å². The molecule has 6 heteroatoms. The fourth-order valence-electron chi connectivity index (χ4n) is 2.69. The molecule has 20 heavy (non-hydrogen) atoms. The minimum Gasteiger partial charge on any atom is -0.481 e. The number of amides is 2. The van der Waals surface area contributed by atoms with E-state index in [1.807, 2.05) is 6.92 Å². The lowest BCUT2D eigenvalue weighted by Gasteiger charge is -2.51. The van der Waals surface area contributed by atoms with E-state index in [9.17, 15) is 9.59 Å². The third-order valence-electron chi connectivity index (χ3n) is 4.75. The van der Waals surface area contributed by atoms with Crippen molar-refractivity contribution in [3.8, 4) is 0 Å². The van der Waals surface area contributed by atoms with E-state index in [1.165, 1.54) is 0 Å². The molecule has 3 N–H and O–H groups in total. The zero-order valence-electron chi connectivity index (χ0n) is 12.4. The zero-order chi connectivity index (χ0) is 15.0. The SMILES string of the molecule is CCOC1CC(NC(=O)NCC2(C(=O)O)CC2)C1(C)C. The highest BCUT2D eigenvalue weighted by Gasteiger charge is 2.51. The van der Waals surface area contributed by atoms with Gasteiger partial charge >= 0.3 is 12.0 Å². The van der Waals surface area contributed by atoms with Crippen molar-refractivity contribution in [1.29, 1.82) is 0 Å². The van der Waals surface area contributed by atoms with Crippen molar-refractivity contribution < 1.29 is 19.4 Å². The van der Waals surface area contributed by atoms with Crippen molar-refractivity contribution in [2.24, 2.45) is 10.8 Å². The summed E-state index contributed by atoms with van der Waals surface area (Å²) in [5.41, 5.74) is -0.808. The predicted octanol–water partition coefficient (Wildman–Crippen LogP) is 1.35. The number of rotatable bonds is 6. The lowest BCUT2D eigenvalue weighted by atomic mass is 9.64. The van der Waals surface area contributed by atoms with Gasteiger partial charge in [0.25, 0.3) is 0 Å². The van der Waals surface area contributed by atoms with E-state index in [2.05, 4.69) is 24.5 Å². The van der Waals surface area contributed by atoms with Gasteiger partial charge in [-0.1, -0.05) is 13.8 Å². The second kappa shape index (κ2) is 5.24. The molecule has 0 aliphatic heterocycles. The molecule has 2 unspecified atom stereocenters. The monoisotopic (exact) mass is 284 g/mol. The van der Waals surface area contributed by atoms with Gasteiger partial charge in [0.15, 0.2) is 0 Å². The van der Waals surface area contributed by atoms with Crippen LogP contribution in [0.5, 0.6) is 0 Å². The fourth-order valence-corrected chi connectivity index (χ4v) is 2.69. The number of hydrogen-bond donors (Lipinski definition) is 3. The Hall–Kier alpha value is -1.30. The Bertz CT molecular complexity index is 404. The van der Waals surface area contributed by atoms with Crippen LogP contribution in [0.4, 0.5) is 4.79 Å². The van der Waals surface area contributed by atoms with E-state index in [1.54, 1.807) is 0 Å². The van der Waals surface area contributed by atoms with Crippen LogP contribution in [0.15, 0.2) is 0 Å². The Kier molecular flexibility index (Phi) is 3.95. The summed E-state index contributed by atoms with van der Waals surface area (Å²) in [5.74, 6) is -0.821. The molecule has 2 fully saturated rings. The highest BCUT2D eigenvalue weighted by molar-refractivity contribution is 5.80. The molecular formula is C14H24N2O4. The van der Waals surface area contributed by atoms with Crippen LogP contribution in [0.25, 0.3) is 0 Å². The van der Waals surface area contributed by atoms with E-state index in [4.69, 9.17) is 9.84 Å². The summed E-state index contributed by atoms with van der Waals surface area (Å²) in [7, 11) is 0. The Morgan fingerprint density at radius 2 is 2.00 bits per heavy atom. The minimum atomic E-state index is -0.821. The van der Waals surface area contributed by atoms with E-state index in [0.29, 0.717) is 19.4 Å². The Morgan fingerprint density at radius 3 is 2.45 bits per heavy atom. The van der Waals surface area contributed by atoms with Crippen molar-refractivity contribution in [2.45, 2.75) is 52.2 Å². The van der Waals surface area contributed by atoms with Crippen LogP contribution in [-0.4, -0.2) is 42.4 Å². The summed E-state index contributed by atoms with van der Waals surface area (Å²) in [6.07, 6.45) is 2.26. The molecule has 0 heterocycles. The standard InChI is InChI=1S/C14H24N2O4/c1-4-20-10-7-9(13(10,2)3)16-12(19)15-8-14(5-6-14)11(17)18/h9-10H,4-8H2,1-3H3,(H,17,18)(H2,15,16,19). The normalized spacial score (nSPS) is 29.1. The number of aliphatic carboxylic acids is 1. The maximum Gasteiger partial charge on any atom is 0.315 e. The van der Waals surface area contributed by atoms with Gasteiger partial charge in [-0.2, -0.15) is 0 Å². The number of carboxylic acids is 1. The minimum absolute atomic E-state index is 0.0685. The van der Waals surface area contributed by atoms with Crippen molar-refractivity contribution in [2.75, 3.05) is 13.2 Å². The van der Waals surface area contributed by atoms with Crippen LogP contribution in [0.2, 0.25) is 0 Å². The Balaban J connectivity index is 1.75. The van der Waals surface area contributed by atoms with Gasteiger partial charge < -0.3 is 20.5 Å². The van der Waals surface area contributed by atoms with Crippen molar-refractivity contribution in [1.82, 2.24) is 10.6 Å². The quantitative estimate of drug-likeness (QED) is 0.687. The van der Waals surface area contributed by atoms with Crippen LogP contribution >= 0.6 is 0 Å². The molecular weight excluding hydrogens is 260 g/mol. The van der Waals surface area contributed by atoms with Crippen LogP contribution < -0.4 is 10.6 Å². The molecule has 2 saturated carbocycles. The van der Waals surface area contributed by atoms with Gasteiger partial charge in [0.05, 0.1) is 11.5 Å². The van der Waals surface area contributed by atoms with Gasteiger partial charge in [-0.25, -0.2) is 4.79 Å².